The minimum Gasteiger partial charge on any atom is -0.329 e. The molecular formula is C15H24ClFN2. The van der Waals surface area contributed by atoms with Crippen LogP contribution in [0.1, 0.15) is 38.8 Å². The van der Waals surface area contributed by atoms with Crippen molar-refractivity contribution in [2.45, 2.75) is 33.2 Å². The van der Waals surface area contributed by atoms with Crippen LogP contribution in [-0.4, -0.2) is 24.5 Å². The maximum Gasteiger partial charge on any atom is 0.128 e. The monoisotopic (exact) mass is 286 g/mol. The van der Waals surface area contributed by atoms with Crippen LogP contribution >= 0.6 is 11.6 Å². The van der Waals surface area contributed by atoms with Crippen LogP contribution in [0.25, 0.3) is 0 Å². The van der Waals surface area contributed by atoms with Gasteiger partial charge in [0.15, 0.2) is 0 Å². The van der Waals surface area contributed by atoms with Crippen LogP contribution < -0.4 is 5.73 Å². The van der Waals surface area contributed by atoms with Crippen LogP contribution in [0, 0.1) is 11.7 Å². The van der Waals surface area contributed by atoms with Crippen molar-refractivity contribution in [2.24, 2.45) is 11.7 Å². The third-order valence-electron chi connectivity index (χ3n) is 3.63. The van der Waals surface area contributed by atoms with Gasteiger partial charge in [0.25, 0.3) is 0 Å². The summed E-state index contributed by atoms with van der Waals surface area (Å²) in [5, 5.41) is 0.550. The maximum absolute atomic E-state index is 14.0. The molecule has 1 aromatic rings. The molecule has 0 radical (unpaired) electrons. The number of rotatable bonds is 7. The number of nitrogens with two attached hydrogens (primary N) is 1. The molecule has 0 aliphatic rings. The molecule has 0 aromatic heterocycles. The Hall–Kier alpha value is -0.640. The molecule has 0 amide bonds. The highest BCUT2D eigenvalue weighted by atomic mass is 35.5. The van der Waals surface area contributed by atoms with Gasteiger partial charge in [-0.15, -0.1) is 0 Å². The Morgan fingerprint density at radius 1 is 1.37 bits per heavy atom. The summed E-state index contributed by atoms with van der Waals surface area (Å²) in [5.74, 6) is 0.332. The Labute approximate surface area is 120 Å². The molecule has 0 saturated heterocycles. The first kappa shape index (κ1) is 16.4. The molecule has 0 fully saturated rings. The van der Waals surface area contributed by atoms with Crippen molar-refractivity contribution in [3.05, 3.63) is 34.6 Å². The molecular weight excluding hydrogens is 263 g/mol. The molecule has 0 saturated carbocycles. The van der Waals surface area contributed by atoms with E-state index in [0.717, 1.165) is 19.5 Å². The van der Waals surface area contributed by atoms with Crippen LogP contribution in [0.4, 0.5) is 4.39 Å². The SMILES string of the molecule is CCC(C)CN(CC)C(CN)c1cc(Cl)ccc1F. The van der Waals surface area contributed by atoms with Gasteiger partial charge in [0, 0.05) is 29.7 Å². The summed E-state index contributed by atoms with van der Waals surface area (Å²) in [4.78, 5) is 2.23. The molecule has 0 aliphatic carbocycles. The van der Waals surface area contributed by atoms with E-state index < -0.39 is 0 Å². The van der Waals surface area contributed by atoms with Gasteiger partial charge in [-0.05, 0) is 30.7 Å². The number of likely N-dealkylation sites (N-methyl/N-ethyl adjacent to an activating group) is 1. The summed E-state index contributed by atoms with van der Waals surface area (Å²) in [5.41, 5.74) is 6.46. The van der Waals surface area contributed by atoms with E-state index in [-0.39, 0.29) is 11.9 Å². The Kier molecular flexibility index (Phi) is 6.76. The van der Waals surface area contributed by atoms with Gasteiger partial charge in [-0.1, -0.05) is 38.8 Å². The Balaban J connectivity index is 2.99. The maximum atomic E-state index is 14.0. The number of hydrogen-bond donors (Lipinski definition) is 1. The molecule has 0 heterocycles. The fraction of sp³-hybridized carbons (Fsp3) is 0.600. The molecule has 4 heteroatoms. The van der Waals surface area contributed by atoms with Crippen molar-refractivity contribution in [3.8, 4) is 0 Å². The lowest BCUT2D eigenvalue weighted by atomic mass is 10.0. The smallest absolute Gasteiger partial charge is 0.128 e. The number of halogens is 2. The lowest BCUT2D eigenvalue weighted by molar-refractivity contribution is 0.179. The normalized spacial score (nSPS) is 14.7. The Morgan fingerprint density at radius 3 is 2.58 bits per heavy atom. The summed E-state index contributed by atoms with van der Waals surface area (Å²) >= 11 is 5.97. The molecule has 19 heavy (non-hydrogen) atoms. The number of hydrogen-bond acceptors (Lipinski definition) is 2. The molecule has 1 aromatic carbocycles. The quantitative estimate of drug-likeness (QED) is 0.825. The average molecular weight is 287 g/mol. The van der Waals surface area contributed by atoms with Crippen molar-refractivity contribution in [1.29, 1.82) is 0 Å². The molecule has 108 valence electrons. The van der Waals surface area contributed by atoms with Gasteiger partial charge in [0.2, 0.25) is 0 Å². The van der Waals surface area contributed by atoms with E-state index >= 15 is 0 Å². The van der Waals surface area contributed by atoms with Crippen LogP contribution in [-0.2, 0) is 0 Å². The van der Waals surface area contributed by atoms with Gasteiger partial charge in [-0.2, -0.15) is 0 Å². The van der Waals surface area contributed by atoms with E-state index in [2.05, 4.69) is 25.7 Å². The third-order valence-corrected chi connectivity index (χ3v) is 3.87. The second kappa shape index (κ2) is 7.83. The molecule has 0 bridgehead atoms. The molecule has 2 unspecified atom stereocenters. The molecule has 2 N–H and O–H groups in total. The first-order valence-corrected chi connectivity index (χ1v) is 7.30. The third kappa shape index (κ3) is 4.44. The number of nitrogens with zero attached hydrogens (tertiary/aromatic N) is 1. The zero-order valence-electron chi connectivity index (χ0n) is 12.0. The Morgan fingerprint density at radius 2 is 2.05 bits per heavy atom. The summed E-state index contributed by atoms with van der Waals surface area (Å²) < 4.78 is 14.0. The van der Waals surface area contributed by atoms with E-state index in [4.69, 9.17) is 17.3 Å². The fourth-order valence-corrected chi connectivity index (χ4v) is 2.43. The average Bonchev–Trinajstić information content (AvgIpc) is 2.41. The van der Waals surface area contributed by atoms with Crippen molar-refractivity contribution < 1.29 is 4.39 Å². The van der Waals surface area contributed by atoms with E-state index in [0.29, 0.717) is 23.0 Å². The van der Waals surface area contributed by atoms with Crippen LogP contribution in [0.5, 0.6) is 0 Å². The van der Waals surface area contributed by atoms with Crippen LogP contribution in [0.15, 0.2) is 18.2 Å². The predicted molar refractivity (Wildman–Crippen MR) is 79.9 cm³/mol. The molecule has 2 nitrogen and oxygen atoms in total. The number of benzene rings is 1. The second-order valence-electron chi connectivity index (χ2n) is 5.02. The van der Waals surface area contributed by atoms with E-state index in [1.165, 1.54) is 6.07 Å². The second-order valence-corrected chi connectivity index (χ2v) is 5.45. The first-order chi connectivity index (χ1) is 9.03. The molecule has 1 rings (SSSR count). The van der Waals surface area contributed by atoms with Crippen molar-refractivity contribution in [1.82, 2.24) is 4.90 Å². The van der Waals surface area contributed by atoms with Gasteiger partial charge in [0.05, 0.1) is 0 Å². The zero-order chi connectivity index (χ0) is 14.4. The van der Waals surface area contributed by atoms with E-state index in [1.54, 1.807) is 12.1 Å². The van der Waals surface area contributed by atoms with Gasteiger partial charge in [0.1, 0.15) is 5.82 Å². The molecule has 2 atom stereocenters. The largest absolute Gasteiger partial charge is 0.329 e. The predicted octanol–water partition coefficient (Wildman–Crippen LogP) is 3.85. The summed E-state index contributed by atoms with van der Waals surface area (Å²) in [6.45, 7) is 8.59. The summed E-state index contributed by atoms with van der Waals surface area (Å²) in [7, 11) is 0. The Bertz CT molecular complexity index is 398. The lowest BCUT2D eigenvalue weighted by Crippen LogP contribution is -2.37. The standard InChI is InChI=1S/C15H24ClFN2/c1-4-11(3)10-19(5-2)15(9-18)13-8-12(16)6-7-14(13)17/h6-8,11,15H,4-5,9-10,18H2,1-3H3. The van der Waals surface area contributed by atoms with Gasteiger partial charge in [-0.25, -0.2) is 4.39 Å². The highest BCUT2D eigenvalue weighted by molar-refractivity contribution is 6.30. The minimum absolute atomic E-state index is 0.113. The van der Waals surface area contributed by atoms with Gasteiger partial charge >= 0.3 is 0 Å². The highest BCUT2D eigenvalue weighted by Gasteiger charge is 2.22. The van der Waals surface area contributed by atoms with E-state index in [1.807, 2.05) is 0 Å². The molecule has 0 aliphatic heterocycles. The van der Waals surface area contributed by atoms with Crippen molar-refractivity contribution >= 4 is 11.6 Å². The first-order valence-electron chi connectivity index (χ1n) is 6.92. The zero-order valence-corrected chi connectivity index (χ0v) is 12.8. The van der Waals surface area contributed by atoms with Crippen LogP contribution in [0.3, 0.4) is 0 Å². The molecule has 0 spiro atoms. The highest BCUT2D eigenvalue weighted by Crippen LogP contribution is 2.26. The van der Waals surface area contributed by atoms with Crippen molar-refractivity contribution in [3.63, 3.8) is 0 Å². The van der Waals surface area contributed by atoms with E-state index in [9.17, 15) is 4.39 Å². The van der Waals surface area contributed by atoms with Crippen molar-refractivity contribution in [2.75, 3.05) is 19.6 Å². The van der Waals surface area contributed by atoms with Gasteiger partial charge < -0.3 is 5.73 Å². The van der Waals surface area contributed by atoms with Crippen LogP contribution in [0.2, 0.25) is 5.02 Å². The summed E-state index contributed by atoms with van der Waals surface area (Å²) in [6.07, 6.45) is 1.10. The van der Waals surface area contributed by atoms with Gasteiger partial charge in [-0.3, -0.25) is 4.90 Å². The fourth-order valence-electron chi connectivity index (χ4n) is 2.25. The lowest BCUT2D eigenvalue weighted by Gasteiger charge is -2.32. The topological polar surface area (TPSA) is 29.3 Å². The summed E-state index contributed by atoms with van der Waals surface area (Å²) in [6, 6.07) is 4.56. The minimum atomic E-state index is -0.234.